The fourth-order valence-corrected chi connectivity index (χ4v) is 2.77. The Hall–Kier alpha value is -1.59. The number of rotatable bonds is 4. The van der Waals surface area contributed by atoms with Gasteiger partial charge in [-0.1, -0.05) is 17.7 Å². The predicted molar refractivity (Wildman–Crippen MR) is 83.6 cm³/mol. The van der Waals surface area contributed by atoms with Gasteiger partial charge in [0.2, 0.25) is 0 Å². The summed E-state index contributed by atoms with van der Waals surface area (Å²) in [4.78, 5) is 18.7. The Morgan fingerprint density at radius 3 is 2.80 bits per heavy atom. The smallest absolute Gasteiger partial charge is 0.253 e. The van der Waals surface area contributed by atoms with Crippen LogP contribution in [0.2, 0.25) is 4.47 Å². The molecule has 0 fully saturated rings. The van der Waals surface area contributed by atoms with Gasteiger partial charge >= 0.3 is 0 Å². The molecule has 2 rings (SSSR count). The molecule has 6 heteroatoms. The molecule has 0 bridgehead atoms. The maximum Gasteiger partial charge on any atom is 0.253 e. The van der Waals surface area contributed by atoms with E-state index in [4.69, 9.17) is 11.6 Å². The first-order valence-corrected chi connectivity index (χ1v) is 7.34. The van der Waals surface area contributed by atoms with E-state index in [9.17, 15) is 4.79 Å². The van der Waals surface area contributed by atoms with E-state index in [1.165, 1.54) is 11.3 Å². The molecule has 0 atom stereocenters. The second kappa shape index (κ2) is 6.24. The van der Waals surface area contributed by atoms with Crippen LogP contribution in [0, 0.1) is 6.92 Å². The van der Waals surface area contributed by atoms with Gasteiger partial charge in [-0.25, -0.2) is 4.98 Å². The number of nitrogens with one attached hydrogen (secondary N) is 1. The minimum atomic E-state index is 0.00647. The molecule has 0 unspecified atom stereocenters. The van der Waals surface area contributed by atoms with Crippen molar-refractivity contribution >= 4 is 34.5 Å². The van der Waals surface area contributed by atoms with Crippen molar-refractivity contribution in [2.75, 3.05) is 19.4 Å². The molecule has 4 nitrogen and oxygen atoms in total. The average molecular weight is 310 g/mol. The largest absolute Gasteiger partial charge is 0.380 e. The fourth-order valence-electron chi connectivity index (χ4n) is 1.85. The van der Waals surface area contributed by atoms with Gasteiger partial charge in [0.1, 0.15) is 0 Å². The van der Waals surface area contributed by atoms with Crippen molar-refractivity contribution in [2.45, 2.75) is 13.5 Å². The van der Waals surface area contributed by atoms with E-state index in [0.29, 0.717) is 16.6 Å². The lowest BCUT2D eigenvalue weighted by atomic mass is 10.1. The Kier molecular flexibility index (Phi) is 4.62. The van der Waals surface area contributed by atoms with Gasteiger partial charge in [-0.05, 0) is 24.6 Å². The van der Waals surface area contributed by atoms with Crippen molar-refractivity contribution in [1.82, 2.24) is 9.88 Å². The maximum absolute atomic E-state index is 12.1. The molecule has 0 saturated carbocycles. The van der Waals surface area contributed by atoms with Crippen LogP contribution in [-0.2, 0) is 6.54 Å². The average Bonchev–Trinajstić information content (AvgIpc) is 2.82. The Bertz CT molecular complexity index is 625. The zero-order valence-corrected chi connectivity index (χ0v) is 13.2. The van der Waals surface area contributed by atoms with Crippen LogP contribution < -0.4 is 5.32 Å². The minimum absolute atomic E-state index is 0.00647. The van der Waals surface area contributed by atoms with Gasteiger partial charge < -0.3 is 10.2 Å². The lowest BCUT2D eigenvalue weighted by Crippen LogP contribution is -2.22. The van der Waals surface area contributed by atoms with E-state index < -0.39 is 0 Å². The molecule has 1 aromatic carbocycles. The number of amides is 1. The van der Waals surface area contributed by atoms with Crippen LogP contribution in [0.3, 0.4) is 0 Å². The number of carbonyl (C=O) groups is 1. The van der Waals surface area contributed by atoms with Gasteiger partial charge in [-0.2, -0.15) is 0 Å². The van der Waals surface area contributed by atoms with Crippen LogP contribution >= 0.6 is 22.9 Å². The van der Waals surface area contributed by atoms with Crippen LogP contribution in [0.4, 0.5) is 5.69 Å². The summed E-state index contributed by atoms with van der Waals surface area (Å²) in [7, 11) is 3.50. The Morgan fingerprint density at radius 1 is 1.45 bits per heavy atom. The monoisotopic (exact) mass is 309 g/mol. The molecular weight excluding hydrogens is 294 g/mol. The Morgan fingerprint density at radius 2 is 2.20 bits per heavy atom. The number of nitrogens with zero attached hydrogens (tertiary/aromatic N) is 2. The number of benzene rings is 1. The standard InChI is InChI=1S/C14H16ClN3OS/c1-9-11(13(19)18(2)3)5-4-6-12(9)16-7-10-8-17-14(15)20-10/h4-6,8,16H,7H2,1-3H3. The first kappa shape index (κ1) is 14.8. The van der Waals surface area contributed by atoms with Crippen LogP contribution in [0.25, 0.3) is 0 Å². The van der Waals surface area contributed by atoms with E-state index in [0.717, 1.165) is 16.1 Å². The van der Waals surface area contributed by atoms with Crippen molar-refractivity contribution in [1.29, 1.82) is 0 Å². The normalized spacial score (nSPS) is 10.4. The lowest BCUT2D eigenvalue weighted by molar-refractivity contribution is 0.0827. The van der Waals surface area contributed by atoms with Gasteiger partial charge in [0.25, 0.3) is 5.91 Å². The van der Waals surface area contributed by atoms with Gasteiger partial charge in [-0.3, -0.25) is 4.79 Å². The minimum Gasteiger partial charge on any atom is -0.380 e. The summed E-state index contributed by atoms with van der Waals surface area (Å²) in [5, 5.41) is 3.32. The third-order valence-corrected chi connectivity index (χ3v) is 4.06. The molecule has 0 aliphatic carbocycles. The molecule has 20 heavy (non-hydrogen) atoms. The highest BCUT2D eigenvalue weighted by atomic mass is 35.5. The summed E-state index contributed by atoms with van der Waals surface area (Å²) in [6, 6.07) is 5.68. The zero-order valence-electron chi connectivity index (χ0n) is 11.6. The van der Waals surface area contributed by atoms with Gasteiger partial charge in [0.15, 0.2) is 4.47 Å². The Labute approximate surface area is 127 Å². The molecule has 1 N–H and O–H groups in total. The molecule has 0 aliphatic rings. The van der Waals surface area contributed by atoms with Crippen molar-refractivity contribution in [3.8, 4) is 0 Å². The third-order valence-electron chi connectivity index (χ3n) is 2.95. The van der Waals surface area contributed by atoms with Crippen LogP contribution in [-0.4, -0.2) is 29.9 Å². The molecule has 2 aromatic rings. The van der Waals surface area contributed by atoms with E-state index in [-0.39, 0.29) is 5.91 Å². The molecule has 106 valence electrons. The summed E-state index contributed by atoms with van der Waals surface area (Å²) in [5.74, 6) is 0.00647. The van der Waals surface area contributed by atoms with Crippen LogP contribution in [0.15, 0.2) is 24.4 Å². The first-order chi connectivity index (χ1) is 9.49. The van der Waals surface area contributed by atoms with E-state index >= 15 is 0 Å². The van der Waals surface area contributed by atoms with Crippen molar-refractivity contribution in [3.05, 3.63) is 44.9 Å². The van der Waals surface area contributed by atoms with Crippen LogP contribution in [0.5, 0.6) is 0 Å². The van der Waals surface area contributed by atoms with Crippen molar-refractivity contribution < 1.29 is 4.79 Å². The van der Waals surface area contributed by atoms with E-state index in [1.807, 2.05) is 25.1 Å². The number of anilines is 1. The second-order valence-corrected chi connectivity index (χ2v) is 6.31. The van der Waals surface area contributed by atoms with Gasteiger partial charge in [0, 0.05) is 36.4 Å². The molecule has 1 amide bonds. The lowest BCUT2D eigenvalue weighted by Gasteiger charge is -2.15. The summed E-state index contributed by atoms with van der Waals surface area (Å²) >= 11 is 7.25. The first-order valence-electron chi connectivity index (χ1n) is 6.14. The molecule has 0 radical (unpaired) electrons. The highest BCUT2D eigenvalue weighted by Gasteiger charge is 2.13. The highest BCUT2D eigenvalue weighted by Crippen LogP contribution is 2.23. The topological polar surface area (TPSA) is 45.2 Å². The number of hydrogen-bond donors (Lipinski definition) is 1. The number of thiazole rings is 1. The van der Waals surface area contributed by atoms with E-state index in [2.05, 4.69) is 10.3 Å². The van der Waals surface area contributed by atoms with Crippen molar-refractivity contribution in [3.63, 3.8) is 0 Å². The fraction of sp³-hybridized carbons (Fsp3) is 0.286. The Balaban J connectivity index is 2.16. The SMILES string of the molecule is Cc1c(NCc2cnc(Cl)s2)cccc1C(=O)N(C)C. The third kappa shape index (κ3) is 3.29. The second-order valence-electron chi connectivity index (χ2n) is 4.61. The zero-order chi connectivity index (χ0) is 14.7. The van der Waals surface area contributed by atoms with Crippen molar-refractivity contribution in [2.24, 2.45) is 0 Å². The molecule has 0 saturated heterocycles. The number of carbonyl (C=O) groups excluding carboxylic acids is 1. The highest BCUT2D eigenvalue weighted by molar-refractivity contribution is 7.15. The number of halogens is 1. The van der Waals surface area contributed by atoms with E-state index in [1.54, 1.807) is 25.2 Å². The maximum atomic E-state index is 12.1. The number of aromatic nitrogens is 1. The summed E-state index contributed by atoms with van der Waals surface area (Å²) < 4.78 is 0.537. The molecule has 1 aromatic heterocycles. The summed E-state index contributed by atoms with van der Waals surface area (Å²) in [6.45, 7) is 2.59. The summed E-state index contributed by atoms with van der Waals surface area (Å²) in [6.07, 6.45) is 1.75. The van der Waals surface area contributed by atoms with Crippen LogP contribution in [0.1, 0.15) is 20.8 Å². The van der Waals surface area contributed by atoms with Gasteiger partial charge in [-0.15, -0.1) is 11.3 Å². The summed E-state index contributed by atoms with van der Waals surface area (Å²) in [5.41, 5.74) is 2.60. The predicted octanol–water partition coefficient (Wildman–Crippen LogP) is 3.42. The molecule has 0 aliphatic heterocycles. The van der Waals surface area contributed by atoms with Gasteiger partial charge in [0.05, 0.1) is 6.54 Å². The molecular formula is C14H16ClN3OS. The molecule has 1 heterocycles. The molecule has 0 spiro atoms. The number of hydrogen-bond acceptors (Lipinski definition) is 4. The quantitative estimate of drug-likeness (QED) is 0.941.